The summed E-state index contributed by atoms with van der Waals surface area (Å²) >= 11 is 1.49. The summed E-state index contributed by atoms with van der Waals surface area (Å²) in [5.41, 5.74) is 2.10. The van der Waals surface area contributed by atoms with Crippen molar-refractivity contribution in [2.45, 2.75) is 25.7 Å². The number of likely N-dealkylation sites (N-methyl/N-ethyl adjacent to an activating group) is 2. The number of para-hydroxylation sites is 1. The first-order valence-corrected chi connectivity index (χ1v) is 11.1. The summed E-state index contributed by atoms with van der Waals surface area (Å²) in [6.07, 6.45) is 3.85. The van der Waals surface area contributed by atoms with Crippen LogP contribution >= 0.6 is 11.3 Å². The van der Waals surface area contributed by atoms with E-state index >= 15 is 0 Å². The maximum absolute atomic E-state index is 13.5. The fourth-order valence-corrected chi connectivity index (χ4v) is 5.00. The predicted octanol–water partition coefficient (Wildman–Crippen LogP) is 2.83. The molecule has 31 heavy (non-hydrogen) atoms. The lowest BCUT2D eigenvalue weighted by Gasteiger charge is -2.18. The van der Waals surface area contributed by atoms with E-state index in [1.54, 1.807) is 45.3 Å². The van der Waals surface area contributed by atoms with Gasteiger partial charge < -0.3 is 15.0 Å². The number of nitrogens with zero attached hydrogens (tertiary/aromatic N) is 2. The van der Waals surface area contributed by atoms with Crippen molar-refractivity contribution in [2.75, 3.05) is 46.7 Å². The molecule has 0 fully saturated rings. The summed E-state index contributed by atoms with van der Waals surface area (Å²) in [7, 11) is 6.63. The second-order valence-electron chi connectivity index (χ2n) is 7.95. The van der Waals surface area contributed by atoms with E-state index in [0.29, 0.717) is 21.9 Å². The number of hydrogen-bond donors (Lipinski definition) is 1. The van der Waals surface area contributed by atoms with Gasteiger partial charge in [0.2, 0.25) is 11.8 Å². The highest BCUT2D eigenvalue weighted by Gasteiger charge is 2.28. The topological polar surface area (TPSA) is 79.0 Å². The molecule has 0 saturated carbocycles. The van der Waals surface area contributed by atoms with Crippen LogP contribution in [0.15, 0.2) is 24.3 Å². The van der Waals surface area contributed by atoms with Crippen LogP contribution in [-0.2, 0) is 22.4 Å². The third-order valence-electron chi connectivity index (χ3n) is 5.32. The predicted molar refractivity (Wildman–Crippen MR) is 122 cm³/mol. The lowest BCUT2D eigenvalue weighted by Crippen LogP contribution is -2.38. The monoisotopic (exact) mass is 443 g/mol. The van der Waals surface area contributed by atoms with Crippen LogP contribution in [0.2, 0.25) is 0 Å². The van der Waals surface area contributed by atoms with Crippen LogP contribution < -0.4 is 10.1 Å². The molecule has 0 unspecified atom stereocenters. The highest BCUT2D eigenvalue weighted by Crippen LogP contribution is 2.40. The zero-order valence-electron chi connectivity index (χ0n) is 18.5. The van der Waals surface area contributed by atoms with Gasteiger partial charge in [-0.15, -0.1) is 11.3 Å². The van der Waals surface area contributed by atoms with E-state index in [-0.39, 0.29) is 30.7 Å². The van der Waals surface area contributed by atoms with Crippen molar-refractivity contribution in [1.29, 1.82) is 0 Å². The number of hydrogen-bond acceptors (Lipinski definition) is 6. The molecule has 1 heterocycles. The van der Waals surface area contributed by atoms with Gasteiger partial charge in [-0.2, -0.15) is 0 Å². The van der Waals surface area contributed by atoms with E-state index in [0.717, 1.165) is 36.1 Å². The minimum atomic E-state index is -0.248. The number of carbonyl (C=O) groups excluding carboxylic acids is 3. The Balaban J connectivity index is 1.86. The maximum Gasteiger partial charge on any atom is 0.239 e. The number of nitrogens with one attached hydrogen (secondary N) is 1. The molecular formula is C23H29N3O4S. The average Bonchev–Trinajstić information content (AvgIpc) is 3.10. The van der Waals surface area contributed by atoms with Crippen molar-refractivity contribution in [1.82, 2.24) is 9.80 Å². The van der Waals surface area contributed by atoms with Crippen LogP contribution in [0.5, 0.6) is 5.75 Å². The molecule has 2 amide bonds. The molecule has 8 heteroatoms. The fraction of sp³-hybridized carbons (Fsp3) is 0.435. The molecule has 3 rings (SSSR count). The molecule has 1 aromatic carbocycles. The molecule has 0 saturated heterocycles. The normalized spacial score (nSPS) is 12.9. The summed E-state index contributed by atoms with van der Waals surface area (Å²) in [5.74, 6) is 0.0569. The quantitative estimate of drug-likeness (QED) is 0.635. The first-order valence-electron chi connectivity index (χ1n) is 10.3. The Morgan fingerprint density at radius 2 is 1.77 bits per heavy atom. The Morgan fingerprint density at radius 1 is 1.06 bits per heavy atom. The van der Waals surface area contributed by atoms with Gasteiger partial charge in [0.15, 0.2) is 5.78 Å². The van der Waals surface area contributed by atoms with Crippen LogP contribution in [0.3, 0.4) is 0 Å². The van der Waals surface area contributed by atoms with Crippen LogP contribution in [0, 0.1) is 0 Å². The zero-order valence-corrected chi connectivity index (χ0v) is 19.3. The molecule has 1 aliphatic rings. The molecule has 0 aliphatic heterocycles. The number of ether oxygens (including phenoxy) is 1. The fourth-order valence-electron chi connectivity index (χ4n) is 3.70. The van der Waals surface area contributed by atoms with E-state index in [9.17, 15) is 14.4 Å². The van der Waals surface area contributed by atoms with Crippen LogP contribution in [-0.4, -0.2) is 68.7 Å². The second kappa shape index (κ2) is 10.1. The number of rotatable bonds is 8. The number of methoxy groups -OCH3 is 1. The van der Waals surface area contributed by atoms with Gasteiger partial charge in [0, 0.05) is 19.0 Å². The first kappa shape index (κ1) is 23.0. The maximum atomic E-state index is 13.5. The van der Waals surface area contributed by atoms with Crippen LogP contribution in [0.4, 0.5) is 5.00 Å². The van der Waals surface area contributed by atoms with Gasteiger partial charge in [-0.05, 0) is 50.4 Å². The van der Waals surface area contributed by atoms with Crippen molar-refractivity contribution in [3.05, 3.63) is 45.8 Å². The molecule has 1 N–H and O–H groups in total. The summed E-state index contributed by atoms with van der Waals surface area (Å²) < 4.78 is 5.39. The number of fused-ring (bicyclic) bond motifs is 1. The Bertz CT molecular complexity index is 983. The van der Waals surface area contributed by atoms with Gasteiger partial charge in [-0.25, -0.2) is 0 Å². The van der Waals surface area contributed by atoms with E-state index < -0.39 is 0 Å². The minimum absolute atomic E-state index is 0.0600. The SMILES string of the molecule is COc1ccccc1C(=O)c1c(NC(=O)CN(C)CC(=O)N(C)C)sc2c1CCCC2. The summed E-state index contributed by atoms with van der Waals surface area (Å²) in [6, 6.07) is 7.15. The van der Waals surface area contributed by atoms with Gasteiger partial charge in [0.1, 0.15) is 10.8 Å². The Labute approximate surface area is 187 Å². The van der Waals surface area contributed by atoms with E-state index in [1.807, 2.05) is 12.1 Å². The third kappa shape index (κ3) is 5.32. The Kier molecular flexibility index (Phi) is 7.46. The number of amides is 2. The van der Waals surface area contributed by atoms with Crippen molar-refractivity contribution in [2.24, 2.45) is 0 Å². The molecule has 0 spiro atoms. The highest BCUT2D eigenvalue weighted by molar-refractivity contribution is 7.17. The lowest BCUT2D eigenvalue weighted by atomic mass is 9.91. The van der Waals surface area contributed by atoms with Gasteiger partial charge in [0.25, 0.3) is 0 Å². The van der Waals surface area contributed by atoms with E-state index in [4.69, 9.17) is 4.74 Å². The Morgan fingerprint density at radius 3 is 2.48 bits per heavy atom. The number of thiophene rings is 1. The van der Waals surface area contributed by atoms with Crippen molar-refractivity contribution >= 4 is 33.9 Å². The number of benzene rings is 1. The smallest absolute Gasteiger partial charge is 0.239 e. The van der Waals surface area contributed by atoms with Crippen molar-refractivity contribution in [3.8, 4) is 5.75 Å². The van der Waals surface area contributed by atoms with Gasteiger partial charge >= 0.3 is 0 Å². The molecule has 0 atom stereocenters. The van der Waals surface area contributed by atoms with Crippen molar-refractivity contribution < 1.29 is 19.1 Å². The van der Waals surface area contributed by atoms with Crippen LogP contribution in [0.25, 0.3) is 0 Å². The number of anilines is 1. The molecule has 7 nitrogen and oxygen atoms in total. The molecule has 0 radical (unpaired) electrons. The number of ketones is 1. The molecule has 1 aliphatic carbocycles. The summed E-state index contributed by atoms with van der Waals surface area (Å²) in [4.78, 5) is 42.4. The van der Waals surface area contributed by atoms with E-state index in [2.05, 4.69) is 5.32 Å². The molecule has 0 bridgehead atoms. The Hall–Kier alpha value is -2.71. The summed E-state index contributed by atoms with van der Waals surface area (Å²) in [6.45, 7) is 0.207. The van der Waals surface area contributed by atoms with Gasteiger partial charge in [-0.3, -0.25) is 19.3 Å². The first-order chi connectivity index (χ1) is 14.8. The number of carbonyl (C=O) groups is 3. The molecule has 1 aromatic heterocycles. The largest absolute Gasteiger partial charge is 0.496 e. The van der Waals surface area contributed by atoms with Crippen molar-refractivity contribution in [3.63, 3.8) is 0 Å². The highest BCUT2D eigenvalue weighted by atomic mass is 32.1. The lowest BCUT2D eigenvalue weighted by molar-refractivity contribution is -0.130. The van der Waals surface area contributed by atoms with Crippen LogP contribution in [0.1, 0.15) is 39.2 Å². The second-order valence-corrected chi connectivity index (χ2v) is 9.06. The van der Waals surface area contributed by atoms with Gasteiger partial charge in [0.05, 0.1) is 31.3 Å². The number of aryl methyl sites for hydroxylation is 1. The minimum Gasteiger partial charge on any atom is -0.496 e. The molecule has 166 valence electrons. The third-order valence-corrected chi connectivity index (χ3v) is 6.53. The summed E-state index contributed by atoms with van der Waals surface area (Å²) in [5, 5.41) is 3.52. The molecular weight excluding hydrogens is 414 g/mol. The van der Waals surface area contributed by atoms with E-state index in [1.165, 1.54) is 16.2 Å². The molecule has 2 aromatic rings. The standard InChI is InChI=1S/C23H29N3O4S/c1-25(2)20(28)14-26(3)13-19(27)24-23-21(16-10-6-8-12-18(16)31-23)22(29)15-9-5-7-11-17(15)30-4/h5,7,9,11H,6,8,10,12-14H2,1-4H3,(H,24,27). The van der Waals surface area contributed by atoms with Gasteiger partial charge in [-0.1, -0.05) is 12.1 Å². The average molecular weight is 444 g/mol. The zero-order chi connectivity index (χ0) is 22.5.